The molecule has 17 heavy (non-hydrogen) atoms. The summed E-state index contributed by atoms with van der Waals surface area (Å²) in [6.07, 6.45) is -1.83. The van der Waals surface area contributed by atoms with Gasteiger partial charge >= 0.3 is 6.18 Å². The lowest BCUT2D eigenvalue weighted by Gasteiger charge is -2.22. The van der Waals surface area contributed by atoms with Gasteiger partial charge in [-0.05, 0) is 12.1 Å². The number of nitriles is 1. The highest BCUT2D eigenvalue weighted by Gasteiger charge is 2.32. The second-order valence-electron chi connectivity index (χ2n) is 3.15. The van der Waals surface area contributed by atoms with Crippen LogP contribution < -0.4 is 10.9 Å². The van der Waals surface area contributed by atoms with Crippen LogP contribution in [0.1, 0.15) is 5.56 Å². The zero-order valence-corrected chi connectivity index (χ0v) is 8.49. The first kappa shape index (κ1) is 13.4. The number of nitrogens with one attached hydrogen (secondary N) is 2. The molecule has 0 aliphatic heterocycles. The summed E-state index contributed by atoms with van der Waals surface area (Å²) in [5, 5.41) is 18.5. The Morgan fingerprint density at radius 1 is 1.35 bits per heavy atom. The maximum absolute atomic E-state index is 11.9. The van der Waals surface area contributed by atoms with Crippen LogP contribution in [-0.4, -0.2) is 22.8 Å². The number of aliphatic hydroxyl groups is 1. The summed E-state index contributed by atoms with van der Waals surface area (Å²) in [5.41, 5.74) is 1.51. The molecule has 0 saturated heterocycles. The summed E-state index contributed by atoms with van der Waals surface area (Å²) in [6, 6.07) is 4.09. The molecule has 1 aromatic rings. The Morgan fingerprint density at radius 3 is 2.41 bits per heavy atom. The number of hydrogen-bond acceptors (Lipinski definition) is 5. The molecule has 8 heteroatoms. The van der Waals surface area contributed by atoms with Gasteiger partial charge in [0, 0.05) is 18.0 Å². The fourth-order valence-electron chi connectivity index (χ4n) is 1.03. The van der Waals surface area contributed by atoms with Crippen LogP contribution in [0, 0.1) is 11.3 Å². The van der Waals surface area contributed by atoms with Gasteiger partial charge in [0.2, 0.25) is 5.72 Å². The number of halogens is 3. The Hall–Kier alpha value is -1.69. The standard InChI is InChI=1S/C9H9F3N4O/c10-9(11,12)6-15-16-8(17,5-13)7-1-3-14-4-2-7/h1-4,15-17H,6H2. The average Bonchev–Trinajstić information content (AvgIpc) is 2.28. The lowest BCUT2D eigenvalue weighted by Crippen LogP contribution is -2.51. The minimum atomic E-state index is -4.44. The molecule has 0 amide bonds. The summed E-state index contributed by atoms with van der Waals surface area (Å²) >= 11 is 0. The van der Waals surface area contributed by atoms with E-state index in [1.807, 2.05) is 5.43 Å². The second kappa shape index (κ2) is 5.09. The molecule has 5 nitrogen and oxygen atoms in total. The highest BCUT2D eigenvalue weighted by Crippen LogP contribution is 2.16. The zero-order chi connectivity index (χ0) is 12.9. The van der Waals surface area contributed by atoms with Crippen LogP contribution in [0.3, 0.4) is 0 Å². The van der Waals surface area contributed by atoms with Crippen molar-refractivity contribution in [2.24, 2.45) is 0 Å². The van der Waals surface area contributed by atoms with E-state index in [1.54, 1.807) is 5.43 Å². The Balaban J connectivity index is 2.68. The first-order chi connectivity index (χ1) is 7.87. The van der Waals surface area contributed by atoms with Gasteiger partial charge in [0.05, 0.1) is 0 Å². The van der Waals surface area contributed by atoms with Crippen molar-refractivity contribution in [2.45, 2.75) is 11.9 Å². The quantitative estimate of drug-likeness (QED) is 0.407. The molecule has 92 valence electrons. The van der Waals surface area contributed by atoms with Crippen LogP contribution in [0.2, 0.25) is 0 Å². The van der Waals surface area contributed by atoms with E-state index < -0.39 is 18.4 Å². The van der Waals surface area contributed by atoms with Gasteiger partial charge < -0.3 is 5.11 Å². The lowest BCUT2D eigenvalue weighted by atomic mass is 10.1. The summed E-state index contributed by atoms with van der Waals surface area (Å²) in [4.78, 5) is 3.66. The van der Waals surface area contributed by atoms with Crippen LogP contribution in [0.15, 0.2) is 24.5 Å². The van der Waals surface area contributed by atoms with Crippen molar-refractivity contribution in [3.63, 3.8) is 0 Å². The average molecular weight is 246 g/mol. The van der Waals surface area contributed by atoms with E-state index in [2.05, 4.69) is 4.98 Å². The van der Waals surface area contributed by atoms with Gasteiger partial charge in [-0.1, -0.05) is 0 Å². The highest BCUT2D eigenvalue weighted by molar-refractivity contribution is 5.24. The van der Waals surface area contributed by atoms with Crippen LogP contribution in [0.5, 0.6) is 0 Å². The van der Waals surface area contributed by atoms with Gasteiger partial charge in [-0.15, -0.1) is 0 Å². The number of nitrogens with zero attached hydrogens (tertiary/aromatic N) is 2. The van der Waals surface area contributed by atoms with Gasteiger partial charge in [-0.25, -0.2) is 10.9 Å². The molecule has 0 aliphatic carbocycles. The van der Waals surface area contributed by atoms with Crippen molar-refractivity contribution in [3.8, 4) is 6.07 Å². The van der Waals surface area contributed by atoms with Crippen molar-refractivity contribution in [1.82, 2.24) is 15.8 Å². The first-order valence-corrected chi connectivity index (χ1v) is 4.48. The molecule has 1 unspecified atom stereocenters. The van der Waals surface area contributed by atoms with E-state index in [1.165, 1.54) is 30.6 Å². The topological polar surface area (TPSA) is 81.0 Å². The molecule has 0 spiro atoms. The van der Waals surface area contributed by atoms with Crippen molar-refractivity contribution >= 4 is 0 Å². The molecule has 1 rings (SSSR count). The Kier molecular flexibility index (Phi) is 4.01. The number of pyridine rings is 1. The number of hydrogen-bond donors (Lipinski definition) is 3. The van der Waals surface area contributed by atoms with E-state index in [0.29, 0.717) is 0 Å². The molecule has 3 N–H and O–H groups in total. The van der Waals surface area contributed by atoms with E-state index in [9.17, 15) is 18.3 Å². The molecule has 0 bridgehead atoms. The SMILES string of the molecule is N#CC(O)(NNCC(F)(F)F)c1ccncc1. The molecule has 0 radical (unpaired) electrons. The molecule has 0 aromatic carbocycles. The molecule has 1 atom stereocenters. The summed E-state index contributed by atoms with van der Waals surface area (Å²) in [7, 11) is 0. The summed E-state index contributed by atoms with van der Waals surface area (Å²) in [6.45, 7) is -1.37. The van der Waals surface area contributed by atoms with E-state index in [4.69, 9.17) is 5.26 Å². The lowest BCUT2D eigenvalue weighted by molar-refractivity contribution is -0.130. The molecule has 1 heterocycles. The Bertz CT molecular complexity index is 403. The minimum absolute atomic E-state index is 0.0877. The molecular weight excluding hydrogens is 237 g/mol. The zero-order valence-electron chi connectivity index (χ0n) is 8.49. The fraction of sp³-hybridized carbons (Fsp3) is 0.333. The van der Waals surface area contributed by atoms with E-state index in [-0.39, 0.29) is 5.56 Å². The third-order valence-corrected chi connectivity index (χ3v) is 1.82. The van der Waals surface area contributed by atoms with Crippen LogP contribution in [0.4, 0.5) is 13.2 Å². The van der Waals surface area contributed by atoms with Gasteiger partial charge in [-0.2, -0.15) is 18.4 Å². The molecule has 0 aliphatic rings. The Labute approximate surface area is 94.9 Å². The van der Waals surface area contributed by atoms with Crippen LogP contribution in [-0.2, 0) is 5.72 Å². The van der Waals surface area contributed by atoms with Crippen LogP contribution in [0.25, 0.3) is 0 Å². The number of hydrazine groups is 1. The largest absolute Gasteiger partial charge is 0.402 e. The molecule has 1 aromatic heterocycles. The van der Waals surface area contributed by atoms with Crippen molar-refractivity contribution in [3.05, 3.63) is 30.1 Å². The number of rotatable bonds is 4. The summed E-state index contributed by atoms with van der Waals surface area (Å²) in [5.74, 6) is 0. The number of alkyl halides is 3. The maximum Gasteiger partial charge on any atom is 0.402 e. The van der Waals surface area contributed by atoms with Crippen molar-refractivity contribution < 1.29 is 18.3 Å². The van der Waals surface area contributed by atoms with Gasteiger partial charge in [0.25, 0.3) is 0 Å². The second-order valence-corrected chi connectivity index (χ2v) is 3.15. The molecular formula is C9H9F3N4O. The molecule has 0 saturated carbocycles. The van der Waals surface area contributed by atoms with Crippen molar-refractivity contribution in [2.75, 3.05) is 6.54 Å². The van der Waals surface area contributed by atoms with Gasteiger partial charge in [0.15, 0.2) is 0 Å². The smallest absolute Gasteiger partial charge is 0.359 e. The fourth-order valence-corrected chi connectivity index (χ4v) is 1.03. The maximum atomic E-state index is 11.9. The predicted molar refractivity (Wildman–Crippen MR) is 50.9 cm³/mol. The van der Waals surface area contributed by atoms with Crippen LogP contribution >= 0.6 is 0 Å². The van der Waals surface area contributed by atoms with E-state index >= 15 is 0 Å². The minimum Gasteiger partial charge on any atom is -0.359 e. The summed E-state index contributed by atoms with van der Waals surface area (Å²) < 4.78 is 35.6. The van der Waals surface area contributed by atoms with Crippen molar-refractivity contribution in [1.29, 1.82) is 5.26 Å². The van der Waals surface area contributed by atoms with E-state index in [0.717, 1.165) is 0 Å². The predicted octanol–water partition coefficient (Wildman–Crippen LogP) is 0.407. The highest BCUT2D eigenvalue weighted by atomic mass is 19.4. The van der Waals surface area contributed by atoms with Gasteiger partial charge in [0.1, 0.15) is 12.6 Å². The van der Waals surface area contributed by atoms with Gasteiger partial charge in [-0.3, -0.25) is 4.98 Å². The number of aromatic nitrogens is 1. The third-order valence-electron chi connectivity index (χ3n) is 1.82. The molecule has 0 fully saturated rings. The third kappa shape index (κ3) is 3.99. The first-order valence-electron chi connectivity index (χ1n) is 4.48. The monoisotopic (exact) mass is 246 g/mol. The normalized spacial score (nSPS) is 15.0. The Morgan fingerprint density at radius 2 is 1.94 bits per heavy atom.